The van der Waals surface area contributed by atoms with Crippen LogP contribution in [0.5, 0.6) is 0 Å². The Hall–Kier alpha value is -8.60. The monoisotopic (exact) mass is 812 g/mol. The highest BCUT2D eigenvalue weighted by Gasteiger charge is 2.21. The summed E-state index contributed by atoms with van der Waals surface area (Å²) in [7, 11) is 0. The summed E-state index contributed by atoms with van der Waals surface area (Å²) in [6.07, 6.45) is 3.68. The zero-order valence-corrected chi connectivity index (χ0v) is 34.6. The first-order valence-corrected chi connectivity index (χ1v) is 21.7. The Kier molecular flexibility index (Phi) is 8.18. The van der Waals surface area contributed by atoms with Gasteiger partial charge in [-0.2, -0.15) is 0 Å². The summed E-state index contributed by atoms with van der Waals surface area (Å²) < 4.78 is 0. The molecule has 4 heteroatoms. The van der Waals surface area contributed by atoms with Crippen molar-refractivity contribution in [2.24, 2.45) is 0 Å². The van der Waals surface area contributed by atoms with Crippen LogP contribution in [-0.2, 0) is 0 Å². The van der Waals surface area contributed by atoms with Gasteiger partial charge in [0.15, 0.2) is 17.5 Å². The van der Waals surface area contributed by atoms with Gasteiger partial charge in [-0.25, -0.2) is 15.0 Å². The van der Waals surface area contributed by atoms with Crippen LogP contribution >= 0.6 is 0 Å². The molecule has 13 aromatic rings. The molecule has 0 unspecified atom stereocenters. The van der Waals surface area contributed by atoms with Gasteiger partial charge in [0, 0.05) is 34.6 Å². The summed E-state index contributed by atoms with van der Waals surface area (Å²) in [4.78, 5) is 20.1. The van der Waals surface area contributed by atoms with Gasteiger partial charge in [-0.15, -0.1) is 0 Å². The number of hydrogen-bond acceptors (Lipinski definition) is 4. The Morgan fingerprint density at radius 3 is 1.27 bits per heavy atom. The van der Waals surface area contributed by atoms with Gasteiger partial charge in [0.05, 0.1) is 0 Å². The maximum atomic E-state index is 5.31. The van der Waals surface area contributed by atoms with E-state index in [-0.39, 0.29) is 0 Å². The molecule has 0 aliphatic rings. The predicted molar refractivity (Wildman–Crippen MR) is 266 cm³/mol. The van der Waals surface area contributed by atoms with Gasteiger partial charge in [-0.3, -0.25) is 4.98 Å². The fourth-order valence-electron chi connectivity index (χ4n) is 10.1. The molecule has 11 aromatic carbocycles. The molecule has 0 N–H and O–H groups in total. The molecular formula is C60H36N4. The molecule has 64 heavy (non-hydrogen) atoms. The van der Waals surface area contributed by atoms with Crippen LogP contribution in [0.2, 0.25) is 0 Å². The topological polar surface area (TPSA) is 51.6 Å². The van der Waals surface area contributed by atoms with Crippen LogP contribution in [0, 0.1) is 0 Å². The lowest BCUT2D eigenvalue weighted by molar-refractivity contribution is 1.07. The van der Waals surface area contributed by atoms with E-state index < -0.39 is 0 Å². The molecule has 0 saturated carbocycles. The van der Waals surface area contributed by atoms with Crippen LogP contribution in [0.25, 0.3) is 132 Å². The first kappa shape index (κ1) is 36.1. The molecule has 2 heterocycles. The minimum atomic E-state index is 0.601. The second-order valence-electron chi connectivity index (χ2n) is 16.5. The molecule has 0 bridgehead atoms. The molecule has 296 valence electrons. The fourth-order valence-corrected chi connectivity index (χ4v) is 10.1. The summed E-state index contributed by atoms with van der Waals surface area (Å²) in [5, 5.41) is 15.2. The van der Waals surface area contributed by atoms with Gasteiger partial charge >= 0.3 is 0 Å². The SMILES string of the molecule is c1ccc(-c2nc(-c3ccccc3-c3cccnc3)nc(-c3ccccc3-c3ccccc3-c3cc4ccc5cccc6c7cccc8ccc9cccc(c(c3)c4c56)c9c87)n2)cc1. The lowest BCUT2D eigenvalue weighted by Crippen LogP contribution is -2.02. The number of aromatic nitrogens is 4. The van der Waals surface area contributed by atoms with Crippen LogP contribution < -0.4 is 0 Å². The molecule has 0 amide bonds. The zero-order valence-electron chi connectivity index (χ0n) is 34.6. The molecule has 0 aliphatic carbocycles. The Morgan fingerprint density at radius 1 is 0.250 bits per heavy atom. The van der Waals surface area contributed by atoms with Crippen LogP contribution in [0.3, 0.4) is 0 Å². The normalized spacial score (nSPS) is 11.8. The van der Waals surface area contributed by atoms with E-state index >= 15 is 0 Å². The zero-order chi connectivity index (χ0) is 42.1. The summed E-state index contributed by atoms with van der Waals surface area (Å²) in [5.74, 6) is 1.82. The Balaban J connectivity index is 1.07. The van der Waals surface area contributed by atoms with Crippen molar-refractivity contribution in [3.8, 4) is 67.5 Å². The predicted octanol–water partition coefficient (Wildman–Crippen LogP) is 15.6. The quantitative estimate of drug-likeness (QED) is 0.157. The fraction of sp³-hybridized carbons (Fsp3) is 0. The van der Waals surface area contributed by atoms with Gasteiger partial charge in [0.2, 0.25) is 0 Å². The Morgan fingerprint density at radius 2 is 0.688 bits per heavy atom. The molecule has 0 saturated heterocycles. The van der Waals surface area contributed by atoms with E-state index in [1.165, 1.54) is 64.6 Å². The highest BCUT2D eigenvalue weighted by molar-refractivity contribution is 6.37. The number of rotatable bonds is 6. The number of nitrogens with zero attached hydrogens (tertiary/aromatic N) is 4. The van der Waals surface area contributed by atoms with E-state index in [2.05, 4.69) is 175 Å². The average molecular weight is 813 g/mol. The van der Waals surface area contributed by atoms with Gasteiger partial charge in [-0.05, 0) is 111 Å². The molecule has 0 fully saturated rings. The molecular weight excluding hydrogens is 777 g/mol. The van der Waals surface area contributed by atoms with Crippen molar-refractivity contribution in [2.75, 3.05) is 0 Å². The molecule has 2 aromatic heterocycles. The van der Waals surface area contributed by atoms with E-state index in [9.17, 15) is 0 Å². The van der Waals surface area contributed by atoms with Gasteiger partial charge < -0.3 is 0 Å². The van der Waals surface area contributed by atoms with Crippen molar-refractivity contribution in [3.63, 3.8) is 0 Å². The molecule has 0 atom stereocenters. The highest BCUT2D eigenvalue weighted by Crippen LogP contribution is 2.46. The second-order valence-corrected chi connectivity index (χ2v) is 16.5. The maximum Gasteiger partial charge on any atom is 0.164 e. The molecule has 4 nitrogen and oxygen atoms in total. The minimum Gasteiger partial charge on any atom is -0.264 e. The van der Waals surface area contributed by atoms with E-state index in [0.717, 1.165) is 50.1 Å². The van der Waals surface area contributed by atoms with Crippen molar-refractivity contribution < 1.29 is 0 Å². The molecule has 0 spiro atoms. The number of fused-ring (bicyclic) bond motifs is 2. The summed E-state index contributed by atoms with van der Waals surface area (Å²) in [5.41, 5.74) is 9.18. The summed E-state index contributed by atoms with van der Waals surface area (Å²) in [6, 6.07) is 74.0. The van der Waals surface area contributed by atoms with Gasteiger partial charge in [0.1, 0.15) is 0 Å². The number of hydrogen-bond donors (Lipinski definition) is 0. The third kappa shape index (κ3) is 5.70. The molecule has 0 radical (unpaired) electrons. The summed E-state index contributed by atoms with van der Waals surface area (Å²) >= 11 is 0. The lowest BCUT2D eigenvalue weighted by Gasteiger charge is -2.18. The minimum absolute atomic E-state index is 0.601. The average Bonchev–Trinajstić information content (AvgIpc) is 3.37. The van der Waals surface area contributed by atoms with Gasteiger partial charge in [-0.1, -0.05) is 188 Å². The summed E-state index contributed by atoms with van der Waals surface area (Å²) in [6.45, 7) is 0. The standard InChI is InChI=1S/C60H36N4/c1-2-14-40(15-3-1)58-62-59(51-24-8-5-20-44(51)42-19-13-33-61-36-42)64-60(63-58)52-25-9-7-23-47(52)46-22-6-4-21-45(46)43-34-41-32-31-39-17-11-27-49-48-26-10-16-37-29-30-38-18-12-28-50(56(38)54(37)48)53(35-43)57(41)55(39)49/h1-36H. The van der Waals surface area contributed by atoms with Crippen LogP contribution in [0.4, 0.5) is 0 Å². The second kappa shape index (κ2) is 14.5. The maximum absolute atomic E-state index is 5.31. The van der Waals surface area contributed by atoms with Crippen LogP contribution in [0.1, 0.15) is 0 Å². The van der Waals surface area contributed by atoms with Crippen molar-refractivity contribution in [1.29, 1.82) is 0 Å². The van der Waals surface area contributed by atoms with E-state index in [1.54, 1.807) is 6.20 Å². The highest BCUT2D eigenvalue weighted by atomic mass is 15.0. The van der Waals surface area contributed by atoms with Gasteiger partial charge in [0.25, 0.3) is 0 Å². The Labute approximate surface area is 369 Å². The van der Waals surface area contributed by atoms with E-state index in [4.69, 9.17) is 15.0 Å². The van der Waals surface area contributed by atoms with E-state index in [1.807, 2.05) is 42.6 Å². The number of pyridine rings is 1. The van der Waals surface area contributed by atoms with Crippen molar-refractivity contribution in [2.45, 2.75) is 0 Å². The largest absolute Gasteiger partial charge is 0.264 e. The van der Waals surface area contributed by atoms with Crippen molar-refractivity contribution >= 4 is 64.6 Å². The lowest BCUT2D eigenvalue weighted by atomic mass is 9.85. The smallest absolute Gasteiger partial charge is 0.164 e. The Bertz CT molecular complexity index is 3950. The van der Waals surface area contributed by atoms with Crippen LogP contribution in [0.15, 0.2) is 219 Å². The first-order valence-electron chi connectivity index (χ1n) is 21.7. The first-order chi connectivity index (χ1) is 31.7. The number of benzene rings is 10. The van der Waals surface area contributed by atoms with E-state index in [0.29, 0.717) is 17.5 Å². The van der Waals surface area contributed by atoms with Crippen molar-refractivity contribution in [1.82, 2.24) is 19.9 Å². The third-order valence-electron chi connectivity index (χ3n) is 12.9. The molecule has 13 rings (SSSR count). The van der Waals surface area contributed by atoms with Crippen molar-refractivity contribution in [3.05, 3.63) is 219 Å². The van der Waals surface area contributed by atoms with Crippen LogP contribution in [-0.4, -0.2) is 19.9 Å². The third-order valence-corrected chi connectivity index (χ3v) is 12.9. The molecule has 0 aliphatic heterocycles.